The van der Waals surface area contributed by atoms with Crippen LogP contribution in [0.1, 0.15) is 31.1 Å². The van der Waals surface area contributed by atoms with Gasteiger partial charge < -0.3 is 5.32 Å². The van der Waals surface area contributed by atoms with E-state index < -0.39 is 0 Å². The van der Waals surface area contributed by atoms with Crippen molar-refractivity contribution in [1.82, 2.24) is 5.32 Å². The third kappa shape index (κ3) is 3.37. The molecule has 0 aromatic carbocycles. The van der Waals surface area contributed by atoms with Crippen molar-refractivity contribution in [2.24, 2.45) is 5.92 Å². The van der Waals surface area contributed by atoms with Crippen LogP contribution in [0.3, 0.4) is 0 Å². The number of halogens is 2. The molecule has 0 unspecified atom stereocenters. The van der Waals surface area contributed by atoms with Crippen LogP contribution >= 0.6 is 34.5 Å². The maximum Gasteiger partial charge on any atom is 0.253 e. The summed E-state index contributed by atoms with van der Waals surface area (Å²) in [6, 6.07) is 1.71. The van der Waals surface area contributed by atoms with Crippen LogP contribution in [-0.4, -0.2) is 11.9 Å². The van der Waals surface area contributed by atoms with Crippen molar-refractivity contribution in [1.29, 1.82) is 0 Å². The number of rotatable bonds is 3. The number of hydrogen-bond acceptors (Lipinski definition) is 2. The summed E-state index contributed by atoms with van der Waals surface area (Å²) in [6.45, 7) is 6.06. The van der Waals surface area contributed by atoms with E-state index in [1.807, 2.05) is 20.8 Å². The number of hydrogen-bond donors (Lipinski definition) is 1. The average Bonchev–Trinajstić information content (AvgIpc) is 2.44. The molecule has 1 atom stereocenters. The zero-order valence-electron chi connectivity index (χ0n) is 8.80. The second-order valence-electron chi connectivity index (χ2n) is 3.74. The Morgan fingerprint density at radius 2 is 2.00 bits per heavy atom. The standard InChI is InChI=1S/C10H13Cl2NOS/c1-5(2)6(3)13-10(14)7-4-8(11)15-9(7)12/h4-6H,1-3H3,(H,13,14)/t6-/m0/s1. The Bertz CT molecular complexity index is 362. The first-order chi connectivity index (χ1) is 6.91. The van der Waals surface area contributed by atoms with Crippen LogP contribution in [0.4, 0.5) is 0 Å². The molecule has 0 spiro atoms. The van der Waals surface area contributed by atoms with Gasteiger partial charge in [0.15, 0.2) is 0 Å². The maximum absolute atomic E-state index is 11.7. The third-order valence-corrected chi connectivity index (χ3v) is 3.75. The van der Waals surface area contributed by atoms with Crippen molar-refractivity contribution >= 4 is 40.4 Å². The van der Waals surface area contributed by atoms with Crippen LogP contribution in [0.5, 0.6) is 0 Å². The lowest BCUT2D eigenvalue weighted by molar-refractivity contribution is 0.0931. The highest BCUT2D eigenvalue weighted by atomic mass is 35.5. The van der Waals surface area contributed by atoms with Gasteiger partial charge in [0.25, 0.3) is 5.91 Å². The van der Waals surface area contributed by atoms with Gasteiger partial charge in [0, 0.05) is 6.04 Å². The van der Waals surface area contributed by atoms with E-state index in [1.165, 1.54) is 11.3 Å². The molecule has 0 aliphatic heterocycles. The number of amides is 1. The Hall–Kier alpha value is -0.250. The number of carbonyl (C=O) groups excluding carboxylic acids is 1. The average molecular weight is 266 g/mol. The summed E-state index contributed by atoms with van der Waals surface area (Å²) in [6.07, 6.45) is 0. The molecule has 1 N–H and O–H groups in total. The Balaban J connectivity index is 2.73. The molecule has 1 heterocycles. The molecule has 0 aliphatic carbocycles. The molecule has 2 nitrogen and oxygen atoms in total. The van der Waals surface area contributed by atoms with Crippen LogP contribution in [0.2, 0.25) is 8.67 Å². The maximum atomic E-state index is 11.7. The van der Waals surface area contributed by atoms with Gasteiger partial charge in [0.1, 0.15) is 4.34 Å². The summed E-state index contributed by atoms with van der Waals surface area (Å²) in [5, 5.41) is 2.87. The first-order valence-corrected chi connectivity index (χ1v) is 6.24. The summed E-state index contributed by atoms with van der Waals surface area (Å²) in [5.41, 5.74) is 0.458. The summed E-state index contributed by atoms with van der Waals surface area (Å²) in [4.78, 5) is 11.7. The van der Waals surface area contributed by atoms with Crippen molar-refractivity contribution in [3.63, 3.8) is 0 Å². The molecular weight excluding hydrogens is 253 g/mol. The minimum atomic E-state index is -0.163. The third-order valence-electron chi connectivity index (χ3n) is 2.26. The summed E-state index contributed by atoms with van der Waals surface area (Å²) < 4.78 is 0.968. The van der Waals surface area contributed by atoms with Gasteiger partial charge in [-0.05, 0) is 18.9 Å². The van der Waals surface area contributed by atoms with Gasteiger partial charge in [-0.3, -0.25) is 4.79 Å². The number of thiophene rings is 1. The normalized spacial score (nSPS) is 12.9. The smallest absolute Gasteiger partial charge is 0.253 e. The minimum Gasteiger partial charge on any atom is -0.349 e. The van der Waals surface area contributed by atoms with Gasteiger partial charge in [0.05, 0.1) is 9.90 Å². The lowest BCUT2D eigenvalue weighted by Crippen LogP contribution is -2.35. The zero-order chi connectivity index (χ0) is 11.6. The monoisotopic (exact) mass is 265 g/mol. The molecule has 84 valence electrons. The van der Waals surface area contributed by atoms with E-state index in [4.69, 9.17) is 23.2 Å². The topological polar surface area (TPSA) is 29.1 Å². The van der Waals surface area contributed by atoms with Gasteiger partial charge >= 0.3 is 0 Å². The van der Waals surface area contributed by atoms with Crippen molar-refractivity contribution in [3.05, 3.63) is 20.3 Å². The van der Waals surface area contributed by atoms with Crippen molar-refractivity contribution < 1.29 is 4.79 Å². The van der Waals surface area contributed by atoms with Crippen molar-refractivity contribution in [3.8, 4) is 0 Å². The summed E-state index contributed by atoms with van der Waals surface area (Å²) in [7, 11) is 0. The summed E-state index contributed by atoms with van der Waals surface area (Å²) in [5.74, 6) is 0.228. The van der Waals surface area contributed by atoms with Gasteiger partial charge in [-0.2, -0.15) is 0 Å². The van der Waals surface area contributed by atoms with E-state index in [2.05, 4.69) is 5.32 Å². The first-order valence-electron chi connectivity index (χ1n) is 4.67. The predicted octanol–water partition coefficient (Wildman–Crippen LogP) is 3.83. The molecule has 0 saturated carbocycles. The van der Waals surface area contributed by atoms with E-state index >= 15 is 0 Å². The molecule has 5 heteroatoms. The van der Waals surface area contributed by atoms with Crippen LogP contribution in [0.25, 0.3) is 0 Å². The van der Waals surface area contributed by atoms with Crippen LogP contribution in [0, 0.1) is 5.92 Å². The molecule has 1 aromatic heterocycles. The largest absolute Gasteiger partial charge is 0.349 e. The lowest BCUT2D eigenvalue weighted by Gasteiger charge is -2.16. The van der Waals surface area contributed by atoms with Crippen LogP contribution < -0.4 is 5.32 Å². The highest BCUT2D eigenvalue weighted by Gasteiger charge is 2.17. The lowest BCUT2D eigenvalue weighted by atomic mass is 10.1. The SMILES string of the molecule is CC(C)[C@H](C)NC(=O)c1cc(Cl)sc1Cl. The first kappa shape index (κ1) is 12.8. The molecule has 0 aliphatic rings. The van der Waals surface area contributed by atoms with Crippen molar-refractivity contribution in [2.45, 2.75) is 26.8 Å². The molecular formula is C10H13Cl2NOS. The quantitative estimate of drug-likeness (QED) is 0.885. The Kier molecular flexibility index (Phi) is 4.44. The Morgan fingerprint density at radius 3 is 2.40 bits per heavy atom. The molecule has 1 aromatic rings. The highest BCUT2D eigenvalue weighted by Crippen LogP contribution is 2.31. The molecule has 0 fully saturated rings. The van der Waals surface area contributed by atoms with Gasteiger partial charge in [-0.1, -0.05) is 37.0 Å². The van der Waals surface area contributed by atoms with E-state index in [0.29, 0.717) is 20.2 Å². The molecule has 1 amide bonds. The van der Waals surface area contributed by atoms with Crippen molar-refractivity contribution in [2.75, 3.05) is 0 Å². The number of carbonyl (C=O) groups is 1. The second kappa shape index (κ2) is 5.19. The van der Waals surface area contributed by atoms with E-state index in [-0.39, 0.29) is 11.9 Å². The summed E-state index contributed by atoms with van der Waals surface area (Å²) >= 11 is 12.8. The fourth-order valence-corrected chi connectivity index (χ4v) is 2.40. The van der Waals surface area contributed by atoms with Crippen LogP contribution in [-0.2, 0) is 0 Å². The predicted molar refractivity (Wildman–Crippen MR) is 66.1 cm³/mol. The molecule has 0 bridgehead atoms. The molecule has 0 radical (unpaired) electrons. The highest BCUT2D eigenvalue weighted by molar-refractivity contribution is 7.20. The fourth-order valence-electron chi connectivity index (χ4n) is 0.946. The minimum absolute atomic E-state index is 0.118. The Labute approximate surface area is 104 Å². The zero-order valence-corrected chi connectivity index (χ0v) is 11.1. The van der Waals surface area contributed by atoms with Gasteiger partial charge in [0.2, 0.25) is 0 Å². The van der Waals surface area contributed by atoms with Gasteiger partial charge in [-0.15, -0.1) is 11.3 Å². The molecule has 0 saturated heterocycles. The number of nitrogens with one attached hydrogen (secondary N) is 1. The second-order valence-corrected chi connectivity index (χ2v) is 6.03. The molecule has 15 heavy (non-hydrogen) atoms. The van der Waals surface area contributed by atoms with E-state index in [1.54, 1.807) is 6.07 Å². The fraction of sp³-hybridized carbons (Fsp3) is 0.500. The van der Waals surface area contributed by atoms with Gasteiger partial charge in [-0.25, -0.2) is 0 Å². The van der Waals surface area contributed by atoms with Crippen LogP contribution in [0.15, 0.2) is 6.07 Å². The Morgan fingerprint density at radius 1 is 1.40 bits per heavy atom. The van der Waals surface area contributed by atoms with E-state index in [9.17, 15) is 4.79 Å². The molecule has 1 rings (SSSR count). The van der Waals surface area contributed by atoms with E-state index in [0.717, 1.165) is 0 Å².